The molecule has 0 amide bonds. The minimum Gasteiger partial charge on any atom is -0.335 e. The molecule has 0 bridgehead atoms. The van der Waals surface area contributed by atoms with Crippen molar-refractivity contribution in [3.05, 3.63) is 80.8 Å². The first-order valence-electron chi connectivity index (χ1n) is 7.47. The van der Waals surface area contributed by atoms with Crippen LogP contribution in [0.25, 0.3) is 22.4 Å². The molecule has 2 heterocycles. The van der Waals surface area contributed by atoms with E-state index in [1.54, 1.807) is 30.3 Å². The summed E-state index contributed by atoms with van der Waals surface area (Å²) in [5, 5.41) is 5.56. The quantitative estimate of drug-likeness (QED) is 0.535. The van der Waals surface area contributed by atoms with Crippen LogP contribution in [-0.2, 0) is 6.54 Å². The lowest BCUT2D eigenvalue weighted by Crippen LogP contribution is -2.21. The van der Waals surface area contributed by atoms with E-state index in [0.717, 1.165) is 11.1 Å². The van der Waals surface area contributed by atoms with Crippen LogP contribution in [0.2, 0.25) is 10.0 Å². The fraction of sp³-hybridized carbons (Fsp3) is 0.0556. The van der Waals surface area contributed by atoms with Gasteiger partial charge in [-0.25, -0.2) is 4.98 Å². The van der Waals surface area contributed by atoms with Crippen molar-refractivity contribution in [1.29, 1.82) is 0 Å². The van der Waals surface area contributed by atoms with Gasteiger partial charge < -0.3 is 4.52 Å². The Balaban J connectivity index is 1.83. The van der Waals surface area contributed by atoms with E-state index in [-0.39, 0.29) is 11.3 Å². The zero-order valence-electron chi connectivity index (χ0n) is 12.8. The van der Waals surface area contributed by atoms with E-state index >= 15 is 0 Å². The standard InChI is InChI=1S/C18H11Cl2N3O2/c19-13-6-4-12(5-7-13)16-15-17(25-22-16)21-10-23(18(15)24)9-11-2-1-3-14(20)8-11/h1-8,10H,9H2. The van der Waals surface area contributed by atoms with Crippen molar-refractivity contribution < 1.29 is 4.52 Å². The van der Waals surface area contributed by atoms with Crippen molar-refractivity contribution in [2.75, 3.05) is 0 Å². The summed E-state index contributed by atoms with van der Waals surface area (Å²) in [4.78, 5) is 17.1. The lowest BCUT2D eigenvalue weighted by atomic mass is 10.1. The normalized spacial score (nSPS) is 11.1. The van der Waals surface area contributed by atoms with Gasteiger partial charge in [0.25, 0.3) is 11.3 Å². The molecule has 0 saturated heterocycles. The van der Waals surface area contributed by atoms with E-state index in [1.807, 2.05) is 18.2 Å². The lowest BCUT2D eigenvalue weighted by Gasteiger charge is -2.05. The Morgan fingerprint density at radius 2 is 1.84 bits per heavy atom. The molecule has 0 atom stereocenters. The number of hydrogen-bond acceptors (Lipinski definition) is 4. The van der Waals surface area contributed by atoms with E-state index in [4.69, 9.17) is 27.7 Å². The number of hydrogen-bond donors (Lipinski definition) is 0. The molecule has 2 aromatic heterocycles. The van der Waals surface area contributed by atoms with Gasteiger partial charge in [-0.15, -0.1) is 0 Å². The van der Waals surface area contributed by atoms with Crippen LogP contribution in [0.1, 0.15) is 5.56 Å². The summed E-state index contributed by atoms with van der Waals surface area (Å²) >= 11 is 11.9. The van der Waals surface area contributed by atoms with Gasteiger partial charge in [0.2, 0.25) is 0 Å². The highest BCUT2D eigenvalue weighted by molar-refractivity contribution is 6.30. The third kappa shape index (κ3) is 3.04. The minimum atomic E-state index is -0.226. The topological polar surface area (TPSA) is 60.9 Å². The first-order valence-corrected chi connectivity index (χ1v) is 8.22. The van der Waals surface area contributed by atoms with Crippen LogP contribution < -0.4 is 5.56 Å². The van der Waals surface area contributed by atoms with Crippen LogP contribution in [0.3, 0.4) is 0 Å². The number of halogens is 2. The number of benzene rings is 2. The maximum Gasteiger partial charge on any atom is 0.267 e. The summed E-state index contributed by atoms with van der Waals surface area (Å²) < 4.78 is 6.71. The van der Waals surface area contributed by atoms with E-state index < -0.39 is 0 Å². The molecule has 0 aliphatic heterocycles. The summed E-state index contributed by atoms with van der Waals surface area (Å²) in [7, 11) is 0. The van der Waals surface area contributed by atoms with E-state index in [1.165, 1.54) is 10.9 Å². The second-order valence-corrected chi connectivity index (χ2v) is 6.40. The lowest BCUT2D eigenvalue weighted by molar-refractivity contribution is 0.450. The van der Waals surface area contributed by atoms with Gasteiger partial charge in [-0.05, 0) is 29.8 Å². The molecule has 0 unspecified atom stereocenters. The van der Waals surface area contributed by atoms with Crippen LogP contribution in [0.5, 0.6) is 0 Å². The molecule has 0 fully saturated rings. The average molecular weight is 372 g/mol. The molecule has 5 nitrogen and oxygen atoms in total. The second kappa shape index (κ2) is 6.35. The van der Waals surface area contributed by atoms with E-state index in [9.17, 15) is 4.79 Å². The molecule has 0 aliphatic carbocycles. The molecule has 124 valence electrons. The predicted octanol–water partition coefficient (Wildman–Crippen LogP) is 4.41. The van der Waals surface area contributed by atoms with E-state index in [2.05, 4.69) is 10.1 Å². The zero-order chi connectivity index (χ0) is 17.4. The van der Waals surface area contributed by atoms with Gasteiger partial charge in [0.15, 0.2) is 0 Å². The molecule has 0 spiro atoms. The van der Waals surface area contributed by atoms with Crippen LogP contribution in [0, 0.1) is 0 Å². The highest BCUT2D eigenvalue weighted by Gasteiger charge is 2.17. The molecule has 0 radical (unpaired) electrons. The van der Waals surface area contributed by atoms with Crippen LogP contribution in [0.4, 0.5) is 0 Å². The fourth-order valence-electron chi connectivity index (χ4n) is 2.63. The highest BCUT2D eigenvalue weighted by atomic mass is 35.5. The summed E-state index contributed by atoms with van der Waals surface area (Å²) in [6.45, 7) is 0.355. The number of aromatic nitrogens is 3. The van der Waals surface area contributed by atoms with Crippen LogP contribution in [0.15, 0.2) is 64.2 Å². The summed E-state index contributed by atoms with van der Waals surface area (Å²) in [6.07, 6.45) is 1.45. The molecular weight excluding hydrogens is 361 g/mol. The fourth-order valence-corrected chi connectivity index (χ4v) is 2.97. The molecule has 4 aromatic rings. The van der Waals surface area contributed by atoms with E-state index in [0.29, 0.717) is 27.7 Å². The predicted molar refractivity (Wildman–Crippen MR) is 97.1 cm³/mol. The Kier molecular flexibility index (Phi) is 4.03. The molecule has 0 N–H and O–H groups in total. The first kappa shape index (κ1) is 15.9. The molecule has 4 rings (SSSR count). The van der Waals surface area contributed by atoms with Crippen molar-refractivity contribution in [2.45, 2.75) is 6.54 Å². The highest BCUT2D eigenvalue weighted by Crippen LogP contribution is 2.25. The molecule has 25 heavy (non-hydrogen) atoms. The summed E-state index contributed by atoms with van der Waals surface area (Å²) in [5.74, 6) is 0. The van der Waals surface area contributed by atoms with Gasteiger partial charge >= 0.3 is 0 Å². The van der Waals surface area contributed by atoms with Gasteiger partial charge in [0.1, 0.15) is 17.4 Å². The number of fused-ring (bicyclic) bond motifs is 1. The Morgan fingerprint density at radius 3 is 2.60 bits per heavy atom. The van der Waals surface area contributed by atoms with Crippen molar-refractivity contribution in [2.24, 2.45) is 0 Å². The third-order valence-corrected chi connectivity index (χ3v) is 4.31. The van der Waals surface area contributed by atoms with Crippen molar-refractivity contribution in [3.63, 3.8) is 0 Å². The Bertz CT molecular complexity index is 1120. The van der Waals surface area contributed by atoms with Crippen molar-refractivity contribution in [3.8, 4) is 11.3 Å². The Morgan fingerprint density at radius 1 is 1.04 bits per heavy atom. The monoisotopic (exact) mass is 371 g/mol. The molecule has 7 heteroatoms. The van der Waals surface area contributed by atoms with Gasteiger partial charge in [-0.1, -0.05) is 52.6 Å². The van der Waals surface area contributed by atoms with Gasteiger partial charge in [0, 0.05) is 15.6 Å². The molecule has 2 aromatic carbocycles. The van der Waals surface area contributed by atoms with Crippen molar-refractivity contribution in [1.82, 2.24) is 14.7 Å². The molecular formula is C18H11Cl2N3O2. The SMILES string of the molecule is O=c1c2c(-c3ccc(Cl)cc3)noc2ncn1Cc1cccc(Cl)c1. The maximum absolute atomic E-state index is 12.9. The van der Waals surface area contributed by atoms with Gasteiger partial charge in [-0.2, -0.15) is 0 Å². The Labute approximate surface area is 152 Å². The summed E-state index contributed by atoms with van der Waals surface area (Å²) in [6, 6.07) is 14.4. The average Bonchev–Trinajstić information content (AvgIpc) is 3.03. The van der Waals surface area contributed by atoms with Gasteiger partial charge in [-0.3, -0.25) is 9.36 Å². The largest absolute Gasteiger partial charge is 0.335 e. The van der Waals surface area contributed by atoms with Crippen molar-refractivity contribution >= 4 is 34.3 Å². The molecule has 0 aliphatic rings. The first-order chi connectivity index (χ1) is 12.1. The number of rotatable bonds is 3. The zero-order valence-corrected chi connectivity index (χ0v) is 14.3. The smallest absolute Gasteiger partial charge is 0.267 e. The Hall–Kier alpha value is -2.63. The summed E-state index contributed by atoms with van der Waals surface area (Å²) in [5.41, 5.74) is 2.07. The van der Waals surface area contributed by atoms with Crippen LogP contribution >= 0.6 is 23.2 Å². The van der Waals surface area contributed by atoms with Gasteiger partial charge in [0.05, 0.1) is 6.54 Å². The maximum atomic E-state index is 12.9. The molecule has 0 saturated carbocycles. The minimum absolute atomic E-state index is 0.206. The third-order valence-electron chi connectivity index (χ3n) is 3.82. The second-order valence-electron chi connectivity index (χ2n) is 5.53. The number of nitrogens with zero attached hydrogens (tertiary/aromatic N) is 3. The van der Waals surface area contributed by atoms with Crippen LogP contribution in [-0.4, -0.2) is 14.7 Å².